The minimum absolute atomic E-state index is 0.0281. The molecule has 8 heteroatoms. The molecule has 1 heterocycles. The number of ketones is 1. The lowest BCUT2D eigenvalue weighted by Crippen LogP contribution is -2.48. The number of carbonyl (C=O) groups is 3. The van der Waals surface area contributed by atoms with Crippen LogP contribution in [0.5, 0.6) is 0 Å². The number of ether oxygens (including phenoxy) is 2. The molecule has 0 N–H and O–H groups in total. The molecular formula is C21H35N2O6-. The summed E-state index contributed by atoms with van der Waals surface area (Å²) in [4.78, 5) is 40.7. The Kier molecular flexibility index (Phi) is 9.42. The lowest BCUT2D eigenvalue weighted by Gasteiger charge is -2.35. The Bertz CT molecular complexity index is 627. The number of hydrogen-bond donors (Lipinski definition) is 0. The first kappa shape index (κ1) is 25.2. The Morgan fingerprint density at radius 3 is 2.31 bits per heavy atom. The third-order valence-corrected chi connectivity index (χ3v) is 4.89. The highest BCUT2D eigenvalue weighted by molar-refractivity contribution is 6.04. The standard InChI is InChI=1S/C21H36N2O6/c1-15-13-18(26)23(19(15)27)21(5,6)8-7-17(25)22-20(3,4)9-10-28-11-12-29-14-16(2)24/h15H,7-14H2,1-6H3,(H,22,25)/p-1. The quantitative estimate of drug-likeness (QED) is 0.197. The van der Waals surface area contributed by atoms with Crippen molar-refractivity contribution in [3.63, 3.8) is 0 Å². The van der Waals surface area contributed by atoms with Crippen molar-refractivity contribution in [3.8, 4) is 0 Å². The highest BCUT2D eigenvalue weighted by Crippen LogP contribution is 2.30. The molecule has 0 spiro atoms. The molecule has 8 nitrogen and oxygen atoms in total. The highest BCUT2D eigenvalue weighted by atomic mass is 16.5. The molecule has 1 rings (SSSR count). The van der Waals surface area contributed by atoms with Gasteiger partial charge in [0.15, 0.2) is 5.78 Å². The van der Waals surface area contributed by atoms with Gasteiger partial charge in [-0.15, -0.1) is 0 Å². The second kappa shape index (κ2) is 10.8. The van der Waals surface area contributed by atoms with Crippen LogP contribution in [0.25, 0.3) is 0 Å². The van der Waals surface area contributed by atoms with E-state index in [9.17, 15) is 19.5 Å². The number of hydrogen-bond acceptors (Lipinski definition) is 7. The second-order valence-corrected chi connectivity index (χ2v) is 8.92. The summed E-state index contributed by atoms with van der Waals surface area (Å²) in [7, 11) is 0. The molecule has 0 aliphatic carbocycles. The Hall–Kier alpha value is -1.80. The molecule has 0 bridgehead atoms. The molecule has 29 heavy (non-hydrogen) atoms. The Balaban J connectivity index is 2.43. The maximum Gasteiger partial charge on any atom is 0.233 e. The molecular weight excluding hydrogens is 376 g/mol. The largest absolute Gasteiger partial charge is 0.862 e. The molecule has 166 valence electrons. The van der Waals surface area contributed by atoms with Crippen molar-refractivity contribution in [1.82, 2.24) is 4.90 Å². The third-order valence-electron chi connectivity index (χ3n) is 4.89. The van der Waals surface area contributed by atoms with Crippen LogP contribution in [0, 0.1) is 5.92 Å². The SMILES string of the molecule is CC(=O)COCCOCCC(C)(C)N=C([O-])CCC(C)(C)N1C(=O)CC(C)C1=O. The first-order valence-electron chi connectivity index (χ1n) is 10.1. The van der Waals surface area contributed by atoms with E-state index in [0.717, 1.165) is 0 Å². The van der Waals surface area contributed by atoms with Crippen LogP contribution in [-0.4, -0.2) is 65.9 Å². The molecule has 0 radical (unpaired) electrons. The van der Waals surface area contributed by atoms with Crippen LogP contribution in [0.2, 0.25) is 0 Å². The Labute approximate surface area is 173 Å². The summed E-state index contributed by atoms with van der Waals surface area (Å²) >= 11 is 0. The highest BCUT2D eigenvalue weighted by Gasteiger charge is 2.43. The number of Topliss-reactive ketones (excluding diaryl/α,β-unsaturated/α-hetero) is 1. The van der Waals surface area contributed by atoms with E-state index < -0.39 is 11.1 Å². The predicted octanol–water partition coefficient (Wildman–Crippen LogP) is 1.49. The van der Waals surface area contributed by atoms with Crippen molar-refractivity contribution < 1.29 is 29.0 Å². The Morgan fingerprint density at radius 2 is 1.76 bits per heavy atom. The van der Waals surface area contributed by atoms with Crippen molar-refractivity contribution >= 4 is 23.5 Å². The van der Waals surface area contributed by atoms with Gasteiger partial charge in [0, 0.05) is 24.5 Å². The summed E-state index contributed by atoms with van der Waals surface area (Å²) in [5, 5.41) is 12.3. The summed E-state index contributed by atoms with van der Waals surface area (Å²) in [6.07, 6.45) is 1.34. The number of imide groups is 1. The fraction of sp³-hybridized carbons (Fsp3) is 0.810. The van der Waals surface area contributed by atoms with Crippen LogP contribution in [0.15, 0.2) is 4.99 Å². The molecule has 1 atom stereocenters. The van der Waals surface area contributed by atoms with Gasteiger partial charge in [0.25, 0.3) is 0 Å². The smallest absolute Gasteiger partial charge is 0.233 e. The summed E-state index contributed by atoms with van der Waals surface area (Å²) in [6, 6.07) is 0. The summed E-state index contributed by atoms with van der Waals surface area (Å²) in [5.74, 6) is -0.927. The molecule has 0 aromatic rings. The van der Waals surface area contributed by atoms with Gasteiger partial charge in [0.2, 0.25) is 11.8 Å². The number of likely N-dealkylation sites (tertiary alicyclic amines) is 1. The maximum atomic E-state index is 12.3. The van der Waals surface area contributed by atoms with E-state index >= 15 is 0 Å². The predicted molar refractivity (Wildman–Crippen MR) is 107 cm³/mol. The summed E-state index contributed by atoms with van der Waals surface area (Å²) in [5.41, 5.74) is -1.29. The van der Waals surface area contributed by atoms with Crippen LogP contribution in [0.1, 0.15) is 67.2 Å². The molecule has 1 unspecified atom stereocenters. The average molecular weight is 412 g/mol. The first-order valence-corrected chi connectivity index (χ1v) is 10.1. The minimum atomic E-state index is -0.711. The number of amides is 2. The first-order chi connectivity index (χ1) is 13.4. The normalized spacial score (nSPS) is 18.6. The molecule has 2 amide bonds. The molecule has 1 aliphatic heterocycles. The van der Waals surface area contributed by atoms with Crippen LogP contribution in [0.3, 0.4) is 0 Å². The van der Waals surface area contributed by atoms with Gasteiger partial charge in [-0.05, 0) is 59.8 Å². The van der Waals surface area contributed by atoms with Crippen LogP contribution in [0.4, 0.5) is 0 Å². The monoisotopic (exact) mass is 411 g/mol. The molecule has 0 aromatic heterocycles. The third kappa shape index (κ3) is 8.62. The van der Waals surface area contributed by atoms with Gasteiger partial charge in [-0.3, -0.25) is 24.3 Å². The summed E-state index contributed by atoms with van der Waals surface area (Å²) in [6.45, 7) is 11.8. The summed E-state index contributed by atoms with van der Waals surface area (Å²) < 4.78 is 10.6. The van der Waals surface area contributed by atoms with Crippen molar-refractivity contribution in [1.29, 1.82) is 0 Å². The number of aliphatic imine (C=N–C) groups is 1. The van der Waals surface area contributed by atoms with Crippen LogP contribution in [-0.2, 0) is 23.9 Å². The van der Waals surface area contributed by atoms with Crippen molar-refractivity contribution in [2.45, 2.75) is 78.3 Å². The average Bonchev–Trinajstić information content (AvgIpc) is 2.84. The van der Waals surface area contributed by atoms with Gasteiger partial charge in [0.1, 0.15) is 6.61 Å². The van der Waals surface area contributed by atoms with Crippen molar-refractivity contribution in [2.24, 2.45) is 10.9 Å². The topological polar surface area (TPSA) is 108 Å². The van der Waals surface area contributed by atoms with E-state index in [0.29, 0.717) is 32.7 Å². The number of carbonyl (C=O) groups excluding carboxylic acids is 3. The van der Waals surface area contributed by atoms with Crippen molar-refractivity contribution in [2.75, 3.05) is 26.4 Å². The van der Waals surface area contributed by atoms with Gasteiger partial charge >= 0.3 is 0 Å². The molecule has 0 saturated carbocycles. The van der Waals surface area contributed by atoms with E-state index in [1.54, 1.807) is 20.8 Å². The van der Waals surface area contributed by atoms with Gasteiger partial charge in [-0.25, -0.2) is 0 Å². The van der Waals surface area contributed by atoms with Gasteiger partial charge in [-0.2, -0.15) is 0 Å². The van der Waals surface area contributed by atoms with Crippen molar-refractivity contribution in [3.05, 3.63) is 0 Å². The molecule has 0 aromatic carbocycles. The zero-order chi connectivity index (χ0) is 22.2. The lowest BCUT2D eigenvalue weighted by molar-refractivity contribution is -0.220. The number of nitrogens with zero attached hydrogens (tertiary/aromatic N) is 2. The van der Waals surface area contributed by atoms with Gasteiger partial charge in [-0.1, -0.05) is 6.92 Å². The fourth-order valence-corrected chi connectivity index (χ4v) is 3.15. The molecule has 1 saturated heterocycles. The van der Waals surface area contributed by atoms with Gasteiger partial charge < -0.3 is 14.6 Å². The van der Waals surface area contributed by atoms with Gasteiger partial charge in [0.05, 0.1) is 18.8 Å². The van der Waals surface area contributed by atoms with E-state index in [4.69, 9.17) is 9.47 Å². The Morgan fingerprint density at radius 1 is 1.14 bits per heavy atom. The fourth-order valence-electron chi connectivity index (χ4n) is 3.15. The second-order valence-electron chi connectivity index (χ2n) is 8.92. The van der Waals surface area contributed by atoms with E-state index in [1.807, 2.05) is 13.8 Å². The lowest BCUT2D eigenvalue weighted by atomic mass is 9.95. The zero-order valence-corrected chi connectivity index (χ0v) is 18.6. The molecule has 1 fully saturated rings. The maximum absolute atomic E-state index is 12.3. The van der Waals surface area contributed by atoms with Crippen LogP contribution >= 0.6 is 0 Å². The van der Waals surface area contributed by atoms with Crippen LogP contribution < -0.4 is 5.11 Å². The zero-order valence-electron chi connectivity index (χ0n) is 18.6. The minimum Gasteiger partial charge on any atom is -0.862 e. The number of rotatable bonds is 13. The van der Waals surface area contributed by atoms with E-state index in [1.165, 1.54) is 11.8 Å². The van der Waals surface area contributed by atoms with E-state index in [-0.39, 0.29) is 48.9 Å². The van der Waals surface area contributed by atoms with E-state index in [2.05, 4.69) is 4.99 Å². The molecule has 1 aliphatic rings.